The normalized spacial score (nSPS) is 15.0. The molecule has 1 atom stereocenters. The number of amides is 2. The predicted molar refractivity (Wildman–Crippen MR) is 133 cm³/mol. The molecule has 1 aliphatic carbocycles. The van der Waals surface area contributed by atoms with E-state index in [-0.39, 0.29) is 31.0 Å². The molecule has 2 aromatic rings. The molecule has 178 valence electrons. The summed E-state index contributed by atoms with van der Waals surface area (Å²) < 4.78 is 5.85. The molecule has 6 heteroatoms. The highest BCUT2D eigenvalue weighted by molar-refractivity contribution is 6.31. The molecule has 1 N–H and O–H groups in total. The molecule has 3 rings (SSSR count). The first-order valence-electron chi connectivity index (χ1n) is 11.9. The number of hydrogen-bond acceptors (Lipinski definition) is 3. The highest BCUT2D eigenvalue weighted by Crippen LogP contribution is 2.22. The SMILES string of the molecule is CCC(C(=O)NC1CCCCC1)N(Cc1ccccc1Cl)C(=O)COc1cc(C)cc(C)c1. The van der Waals surface area contributed by atoms with E-state index in [1.165, 1.54) is 6.42 Å². The molecule has 0 spiro atoms. The highest BCUT2D eigenvalue weighted by Gasteiger charge is 2.31. The van der Waals surface area contributed by atoms with Gasteiger partial charge in [-0.15, -0.1) is 0 Å². The topological polar surface area (TPSA) is 58.6 Å². The fourth-order valence-electron chi connectivity index (χ4n) is 4.52. The molecule has 0 aliphatic heterocycles. The Balaban J connectivity index is 1.78. The summed E-state index contributed by atoms with van der Waals surface area (Å²) in [4.78, 5) is 28.2. The molecule has 1 fully saturated rings. The minimum absolute atomic E-state index is 0.101. The van der Waals surface area contributed by atoms with Crippen molar-refractivity contribution in [2.24, 2.45) is 0 Å². The van der Waals surface area contributed by atoms with Gasteiger partial charge in [0.2, 0.25) is 5.91 Å². The van der Waals surface area contributed by atoms with Crippen LogP contribution in [-0.2, 0) is 16.1 Å². The quantitative estimate of drug-likeness (QED) is 0.519. The van der Waals surface area contributed by atoms with Crippen LogP contribution in [0.1, 0.15) is 62.1 Å². The zero-order chi connectivity index (χ0) is 23.8. The second kappa shape index (κ2) is 12.1. The first-order valence-corrected chi connectivity index (χ1v) is 12.3. The Kier molecular flexibility index (Phi) is 9.19. The van der Waals surface area contributed by atoms with Crippen molar-refractivity contribution in [1.29, 1.82) is 0 Å². The van der Waals surface area contributed by atoms with Crippen LogP contribution in [0.5, 0.6) is 5.75 Å². The molecule has 2 amide bonds. The molecule has 2 aromatic carbocycles. The number of nitrogens with zero attached hydrogens (tertiary/aromatic N) is 1. The van der Waals surface area contributed by atoms with Crippen LogP contribution in [0.3, 0.4) is 0 Å². The molecule has 0 saturated heterocycles. The summed E-state index contributed by atoms with van der Waals surface area (Å²) in [5.74, 6) is 0.314. The highest BCUT2D eigenvalue weighted by atomic mass is 35.5. The average molecular weight is 471 g/mol. The van der Waals surface area contributed by atoms with Gasteiger partial charge in [-0.05, 0) is 68.0 Å². The third kappa shape index (κ3) is 7.23. The van der Waals surface area contributed by atoms with Gasteiger partial charge in [0.15, 0.2) is 6.61 Å². The number of rotatable bonds is 9. The van der Waals surface area contributed by atoms with Crippen molar-refractivity contribution in [3.05, 3.63) is 64.2 Å². The fraction of sp³-hybridized carbons (Fsp3) is 0.481. The van der Waals surface area contributed by atoms with Crippen molar-refractivity contribution in [1.82, 2.24) is 10.2 Å². The van der Waals surface area contributed by atoms with Crippen molar-refractivity contribution in [2.45, 2.75) is 77.9 Å². The lowest BCUT2D eigenvalue weighted by Crippen LogP contribution is -2.52. The first-order chi connectivity index (χ1) is 15.9. The van der Waals surface area contributed by atoms with Crippen LogP contribution in [0.25, 0.3) is 0 Å². The number of ether oxygens (including phenoxy) is 1. The second-order valence-corrected chi connectivity index (χ2v) is 9.40. The summed E-state index contributed by atoms with van der Waals surface area (Å²) in [5, 5.41) is 3.76. The van der Waals surface area contributed by atoms with Gasteiger partial charge in [-0.3, -0.25) is 9.59 Å². The maximum absolute atomic E-state index is 13.4. The standard InChI is InChI=1S/C27H35ClN2O3/c1-4-25(27(32)29-22-11-6-5-7-12-22)30(17-21-10-8-9-13-24(21)28)26(31)18-33-23-15-19(2)14-20(3)16-23/h8-10,13-16,22,25H,4-7,11-12,17-18H2,1-3H3,(H,29,32). The molecule has 1 unspecified atom stereocenters. The van der Waals surface area contributed by atoms with Crippen LogP contribution in [0.2, 0.25) is 5.02 Å². The number of hydrogen-bond donors (Lipinski definition) is 1. The first kappa shape index (κ1) is 25.1. The Morgan fingerprint density at radius 1 is 1.09 bits per heavy atom. The van der Waals surface area contributed by atoms with Gasteiger partial charge < -0.3 is 15.0 Å². The van der Waals surface area contributed by atoms with E-state index in [4.69, 9.17) is 16.3 Å². The van der Waals surface area contributed by atoms with Gasteiger partial charge in [0.1, 0.15) is 11.8 Å². The van der Waals surface area contributed by atoms with Gasteiger partial charge >= 0.3 is 0 Å². The van der Waals surface area contributed by atoms with Gasteiger partial charge in [0.25, 0.3) is 5.91 Å². The summed E-state index contributed by atoms with van der Waals surface area (Å²) in [6.45, 7) is 6.04. The zero-order valence-corrected chi connectivity index (χ0v) is 20.7. The monoisotopic (exact) mass is 470 g/mol. The molecule has 0 radical (unpaired) electrons. The Hall–Kier alpha value is -2.53. The van der Waals surface area contributed by atoms with E-state index in [1.807, 2.05) is 51.1 Å². The lowest BCUT2D eigenvalue weighted by atomic mass is 9.95. The fourth-order valence-corrected chi connectivity index (χ4v) is 4.71. The number of benzene rings is 2. The number of halogens is 1. The number of nitrogens with one attached hydrogen (secondary N) is 1. The molecular weight excluding hydrogens is 436 g/mol. The van der Waals surface area contributed by atoms with Crippen molar-refractivity contribution in [3.63, 3.8) is 0 Å². The lowest BCUT2D eigenvalue weighted by molar-refractivity contribution is -0.143. The second-order valence-electron chi connectivity index (χ2n) is 8.99. The predicted octanol–water partition coefficient (Wildman–Crippen LogP) is 5.59. The molecular formula is C27H35ClN2O3. The maximum atomic E-state index is 13.4. The Morgan fingerprint density at radius 2 is 1.76 bits per heavy atom. The van der Waals surface area contributed by atoms with E-state index < -0.39 is 6.04 Å². The van der Waals surface area contributed by atoms with E-state index >= 15 is 0 Å². The Labute approximate surface area is 202 Å². The van der Waals surface area contributed by atoms with Crippen molar-refractivity contribution in [3.8, 4) is 5.75 Å². The summed E-state index contributed by atoms with van der Waals surface area (Å²) >= 11 is 6.39. The van der Waals surface area contributed by atoms with E-state index in [2.05, 4.69) is 11.4 Å². The molecule has 1 aliphatic rings. The van der Waals surface area contributed by atoms with Crippen LogP contribution >= 0.6 is 11.6 Å². The third-order valence-corrected chi connectivity index (χ3v) is 6.56. The average Bonchev–Trinajstić information content (AvgIpc) is 2.78. The Bertz CT molecular complexity index is 936. The van der Waals surface area contributed by atoms with Crippen molar-refractivity contribution < 1.29 is 14.3 Å². The molecule has 0 heterocycles. The van der Waals surface area contributed by atoms with Gasteiger partial charge in [0, 0.05) is 17.6 Å². The van der Waals surface area contributed by atoms with Crippen molar-refractivity contribution in [2.75, 3.05) is 6.61 Å². The minimum Gasteiger partial charge on any atom is -0.484 e. The summed E-state index contributed by atoms with van der Waals surface area (Å²) in [7, 11) is 0. The molecule has 5 nitrogen and oxygen atoms in total. The van der Waals surface area contributed by atoms with E-state index in [1.54, 1.807) is 11.0 Å². The Morgan fingerprint density at radius 3 is 2.39 bits per heavy atom. The van der Waals surface area contributed by atoms with Gasteiger partial charge in [-0.25, -0.2) is 0 Å². The molecule has 1 saturated carbocycles. The van der Waals surface area contributed by atoms with Crippen LogP contribution in [0.15, 0.2) is 42.5 Å². The summed E-state index contributed by atoms with van der Waals surface area (Å²) in [6, 6.07) is 12.9. The largest absolute Gasteiger partial charge is 0.484 e. The smallest absolute Gasteiger partial charge is 0.261 e. The van der Waals surface area contributed by atoms with Gasteiger partial charge in [-0.2, -0.15) is 0 Å². The van der Waals surface area contributed by atoms with Gasteiger partial charge in [-0.1, -0.05) is 62.1 Å². The molecule has 0 bridgehead atoms. The minimum atomic E-state index is -0.585. The summed E-state index contributed by atoms with van der Waals surface area (Å²) in [6.07, 6.45) is 5.99. The van der Waals surface area contributed by atoms with Crippen molar-refractivity contribution >= 4 is 23.4 Å². The number of aryl methyl sites for hydroxylation is 2. The number of carbonyl (C=O) groups is 2. The van der Waals surface area contributed by atoms with E-state index in [0.717, 1.165) is 42.4 Å². The van der Waals surface area contributed by atoms with E-state index in [9.17, 15) is 9.59 Å². The van der Waals surface area contributed by atoms with Crippen LogP contribution < -0.4 is 10.1 Å². The molecule has 0 aromatic heterocycles. The third-order valence-electron chi connectivity index (χ3n) is 6.19. The van der Waals surface area contributed by atoms with E-state index in [0.29, 0.717) is 17.2 Å². The maximum Gasteiger partial charge on any atom is 0.261 e. The van der Waals surface area contributed by atoms with Crippen LogP contribution in [-0.4, -0.2) is 35.4 Å². The lowest BCUT2D eigenvalue weighted by Gasteiger charge is -2.33. The van der Waals surface area contributed by atoms with Crippen LogP contribution in [0, 0.1) is 13.8 Å². The number of carbonyl (C=O) groups excluding carboxylic acids is 2. The zero-order valence-electron chi connectivity index (χ0n) is 19.9. The summed E-state index contributed by atoms with van der Waals surface area (Å²) in [5.41, 5.74) is 2.95. The molecule has 33 heavy (non-hydrogen) atoms. The van der Waals surface area contributed by atoms with Gasteiger partial charge in [0.05, 0.1) is 0 Å². The van der Waals surface area contributed by atoms with Crippen LogP contribution in [0.4, 0.5) is 0 Å².